The summed E-state index contributed by atoms with van der Waals surface area (Å²) in [4.78, 5) is 12.6. The minimum atomic E-state index is -0.525. The molecule has 2 aliphatic rings. The van der Waals surface area contributed by atoms with Crippen LogP contribution in [0.5, 0.6) is 0 Å². The Labute approximate surface area is 147 Å². The molecule has 0 aromatic carbocycles. The summed E-state index contributed by atoms with van der Waals surface area (Å²) in [6, 6.07) is 1.83. The smallest absolute Gasteiger partial charge is 0.242 e. The van der Waals surface area contributed by atoms with E-state index in [1.807, 2.05) is 19.9 Å². The highest BCUT2D eigenvalue weighted by molar-refractivity contribution is 8.02. The van der Waals surface area contributed by atoms with Gasteiger partial charge in [-0.25, -0.2) is 0 Å². The number of anilines is 1. The number of hydrogen-bond donors (Lipinski definition) is 1. The molecule has 0 saturated carbocycles. The Kier molecular flexibility index (Phi) is 5.84. The summed E-state index contributed by atoms with van der Waals surface area (Å²) >= 11 is 1.71. The van der Waals surface area contributed by atoms with Crippen LogP contribution < -0.4 is 5.32 Å². The van der Waals surface area contributed by atoms with Crippen LogP contribution in [0.3, 0.4) is 0 Å². The highest BCUT2D eigenvalue weighted by Crippen LogP contribution is 2.35. The van der Waals surface area contributed by atoms with Crippen LogP contribution >= 0.6 is 11.8 Å². The third-order valence-corrected chi connectivity index (χ3v) is 6.10. The van der Waals surface area contributed by atoms with Crippen LogP contribution in [-0.4, -0.2) is 47.5 Å². The molecule has 6 nitrogen and oxygen atoms in total. The van der Waals surface area contributed by atoms with Crippen molar-refractivity contribution >= 4 is 23.6 Å². The van der Waals surface area contributed by atoms with Gasteiger partial charge in [0, 0.05) is 37.1 Å². The lowest BCUT2D eigenvalue weighted by Gasteiger charge is -2.30. The second kappa shape index (κ2) is 7.89. The van der Waals surface area contributed by atoms with Crippen molar-refractivity contribution in [1.29, 1.82) is 0 Å². The Morgan fingerprint density at radius 3 is 2.75 bits per heavy atom. The van der Waals surface area contributed by atoms with Gasteiger partial charge in [-0.15, -0.1) is 11.8 Å². The van der Waals surface area contributed by atoms with Gasteiger partial charge in [-0.05, 0) is 39.5 Å². The quantitative estimate of drug-likeness (QED) is 0.875. The van der Waals surface area contributed by atoms with Gasteiger partial charge < -0.3 is 14.0 Å². The molecule has 7 heteroatoms. The van der Waals surface area contributed by atoms with E-state index in [1.165, 1.54) is 0 Å². The molecule has 0 radical (unpaired) electrons. The van der Waals surface area contributed by atoms with Gasteiger partial charge in [0.25, 0.3) is 0 Å². The third kappa shape index (κ3) is 4.52. The largest absolute Gasteiger partial charge is 0.381 e. The Morgan fingerprint density at radius 2 is 2.04 bits per heavy atom. The zero-order valence-corrected chi connectivity index (χ0v) is 15.2. The summed E-state index contributed by atoms with van der Waals surface area (Å²) in [7, 11) is 0. The molecule has 0 spiro atoms. The molecule has 1 aromatic heterocycles. The number of ether oxygens (including phenoxy) is 2. The maximum absolute atomic E-state index is 12.6. The van der Waals surface area contributed by atoms with E-state index in [2.05, 4.69) is 10.5 Å². The van der Waals surface area contributed by atoms with E-state index in [1.54, 1.807) is 11.8 Å². The second-order valence-corrected chi connectivity index (χ2v) is 8.85. The summed E-state index contributed by atoms with van der Waals surface area (Å²) in [5.74, 6) is 0.626. The molecule has 24 heavy (non-hydrogen) atoms. The highest BCUT2D eigenvalue weighted by Gasteiger charge is 2.33. The average Bonchev–Trinajstić information content (AvgIpc) is 3.05. The van der Waals surface area contributed by atoms with Crippen molar-refractivity contribution in [3.05, 3.63) is 11.8 Å². The first kappa shape index (κ1) is 17.8. The van der Waals surface area contributed by atoms with Crippen molar-refractivity contribution in [3.63, 3.8) is 0 Å². The summed E-state index contributed by atoms with van der Waals surface area (Å²) in [6.45, 7) is 6.96. The van der Waals surface area contributed by atoms with Gasteiger partial charge in [0.05, 0.1) is 17.0 Å². The number of rotatable bonds is 5. The van der Waals surface area contributed by atoms with E-state index in [0.29, 0.717) is 17.7 Å². The lowest BCUT2D eigenvalue weighted by Crippen LogP contribution is -2.37. The number of hydrogen-bond acceptors (Lipinski definition) is 6. The van der Waals surface area contributed by atoms with E-state index < -0.39 is 4.75 Å². The Bertz CT molecular complexity index is 549. The summed E-state index contributed by atoms with van der Waals surface area (Å²) in [5, 5.41) is 7.43. The predicted molar refractivity (Wildman–Crippen MR) is 93.4 cm³/mol. The van der Waals surface area contributed by atoms with Crippen LogP contribution in [-0.2, 0) is 14.3 Å². The number of thioether (sulfide) groups is 1. The van der Waals surface area contributed by atoms with E-state index >= 15 is 0 Å². The first-order valence-electron chi connectivity index (χ1n) is 8.66. The minimum absolute atomic E-state index is 0.0541. The topological polar surface area (TPSA) is 73.6 Å². The zero-order chi connectivity index (χ0) is 17.0. The van der Waals surface area contributed by atoms with Gasteiger partial charge in [0.15, 0.2) is 0 Å². The summed E-state index contributed by atoms with van der Waals surface area (Å²) in [6.07, 6.45) is 4.07. The number of aromatic nitrogens is 1. The van der Waals surface area contributed by atoms with Crippen molar-refractivity contribution < 1.29 is 18.8 Å². The number of nitrogens with one attached hydrogen (secondary N) is 1. The van der Waals surface area contributed by atoms with Crippen LogP contribution in [0.15, 0.2) is 10.6 Å². The third-order valence-electron chi connectivity index (χ3n) is 4.52. The minimum Gasteiger partial charge on any atom is -0.381 e. The van der Waals surface area contributed by atoms with E-state index in [4.69, 9.17) is 14.0 Å². The lowest BCUT2D eigenvalue weighted by atomic mass is 9.99. The molecule has 134 valence electrons. The molecule has 1 unspecified atom stereocenters. The molecule has 0 bridgehead atoms. The molecule has 1 aromatic rings. The van der Waals surface area contributed by atoms with Crippen LogP contribution in [0, 0.1) is 0 Å². The van der Waals surface area contributed by atoms with E-state index in [-0.39, 0.29) is 11.8 Å². The summed E-state index contributed by atoms with van der Waals surface area (Å²) in [5.41, 5.74) is 0.861. The molecule has 2 fully saturated rings. The van der Waals surface area contributed by atoms with Crippen molar-refractivity contribution in [2.75, 3.05) is 31.7 Å². The normalized spacial score (nSPS) is 23.2. The molecule has 1 N–H and O–H groups in total. The van der Waals surface area contributed by atoms with Crippen LogP contribution in [0.1, 0.15) is 51.1 Å². The fraction of sp³-hybridized carbons (Fsp3) is 0.765. The highest BCUT2D eigenvalue weighted by atomic mass is 32.2. The lowest BCUT2D eigenvalue weighted by molar-refractivity contribution is -0.117. The molecule has 3 rings (SSSR count). The molecule has 3 heterocycles. The van der Waals surface area contributed by atoms with Gasteiger partial charge in [-0.2, -0.15) is 0 Å². The number of amides is 1. The standard InChI is InChI=1S/C17H26N2O4S/c1-17(2,24-13-5-8-21-9-6-13)16(20)18-15-10-14(19-23-15)12-4-3-7-22-11-12/h10,12-13H,3-9,11H2,1-2H3,(H,18,20). The molecular weight excluding hydrogens is 328 g/mol. The molecular formula is C17H26N2O4S. The Balaban J connectivity index is 1.56. The van der Waals surface area contributed by atoms with Gasteiger partial charge in [0.1, 0.15) is 0 Å². The maximum atomic E-state index is 12.6. The molecule has 0 aliphatic carbocycles. The molecule has 1 atom stereocenters. The first-order valence-corrected chi connectivity index (χ1v) is 9.54. The van der Waals surface area contributed by atoms with Crippen molar-refractivity contribution in [2.24, 2.45) is 0 Å². The van der Waals surface area contributed by atoms with Crippen LogP contribution in [0.25, 0.3) is 0 Å². The molecule has 1 amide bonds. The number of carbonyl (C=O) groups excluding carboxylic acids is 1. The summed E-state index contributed by atoms with van der Waals surface area (Å²) < 4.78 is 15.6. The van der Waals surface area contributed by atoms with Gasteiger partial charge in [0.2, 0.25) is 11.8 Å². The van der Waals surface area contributed by atoms with Crippen LogP contribution in [0.4, 0.5) is 5.88 Å². The molecule has 2 saturated heterocycles. The van der Waals surface area contributed by atoms with Gasteiger partial charge >= 0.3 is 0 Å². The SMILES string of the molecule is CC(C)(SC1CCOCC1)C(=O)Nc1cc(C2CCCOC2)no1. The van der Waals surface area contributed by atoms with Crippen molar-refractivity contribution in [2.45, 2.75) is 55.4 Å². The first-order chi connectivity index (χ1) is 11.5. The van der Waals surface area contributed by atoms with Crippen molar-refractivity contribution in [3.8, 4) is 0 Å². The predicted octanol–water partition coefficient (Wildman–Crippen LogP) is 3.20. The van der Waals surface area contributed by atoms with E-state index in [0.717, 1.165) is 51.2 Å². The maximum Gasteiger partial charge on any atom is 0.242 e. The second-order valence-electron chi connectivity index (χ2n) is 6.92. The monoisotopic (exact) mass is 354 g/mol. The van der Waals surface area contributed by atoms with E-state index in [9.17, 15) is 4.79 Å². The number of carbonyl (C=O) groups is 1. The molecule has 2 aliphatic heterocycles. The van der Waals surface area contributed by atoms with Gasteiger partial charge in [-0.3, -0.25) is 10.1 Å². The van der Waals surface area contributed by atoms with Gasteiger partial charge in [-0.1, -0.05) is 5.16 Å². The Hall–Kier alpha value is -1.05. The Morgan fingerprint density at radius 1 is 1.25 bits per heavy atom. The fourth-order valence-electron chi connectivity index (χ4n) is 3.04. The number of nitrogens with zero attached hydrogens (tertiary/aromatic N) is 1. The average molecular weight is 354 g/mol. The van der Waals surface area contributed by atoms with Crippen molar-refractivity contribution in [1.82, 2.24) is 5.16 Å². The zero-order valence-electron chi connectivity index (χ0n) is 14.4. The van der Waals surface area contributed by atoms with Crippen LogP contribution in [0.2, 0.25) is 0 Å². The fourth-order valence-corrected chi connectivity index (χ4v) is 4.46.